The molecule has 8 heteroatoms. The number of amides is 1. The van der Waals surface area contributed by atoms with Crippen LogP contribution in [-0.2, 0) is 7.05 Å². The van der Waals surface area contributed by atoms with Crippen LogP contribution in [0.25, 0.3) is 21.9 Å². The first-order valence-corrected chi connectivity index (χ1v) is 10.3. The Bertz CT molecular complexity index is 1500. The van der Waals surface area contributed by atoms with E-state index in [0.29, 0.717) is 22.5 Å². The lowest BCUT2D eigenvalue weighted by molar-refractivity contribution is 0.102. The van der Waals surface area contributed by atoms with Crippen molar-refractivity contribution in [2.24, 2.45) is 7.05 Å². The number of carbonyl (C=O) groups excluding carboxylic acids is 1. The lowest BCUT2D eigenvalue weighted by atomic mass is 10.0. The van der Waals surface area contributed by atoms with Crippen LogP contribution in [0.3, 0.4) is 0 Å². The van der Waals surface area contributed by atoms with Crippen molar-refractivity contribution >= 4 is 33.9 Å². The molecule has 162 valence electrons. The molecule has 0 bridgehead atoms. The molecule has 0 saturated carbocycles. The van der Waals surface area contributed by atoms with E-state index in [1.807, 2.05) is 49.6 Å². The highest BCUT2D eigenvalue weighted by Gasteiger charge is 2.14. The highest BCUT2D eigenvalue weighted by atomic mass is 16.1. The second-order valence-corrected chi connectivity index (χ2v) is 7.54. The number of anilines is 3. The quantitative estimate of drug-likeness (QED) is 0.381. The van der Waals surface area contributed by atoms with Crippen LogP contribution < -0.4 is 16.2 Å². The average Bonchev–Trinajstić information content (AvgIpc) is 3.26. The standard InChI is InChI=1S/C25H20N6O2/c1-31-15-17(13-28-31)21-14-27-23(22-20(21)11-12-26-25(22)33)29-19-9-7-16(8-10-19)24(32)30-18-5-3-2-4-6-18/h2-15H,1H3,(H,26,33)(H,27,29)(H,30,32). The van der Waals surface area contributed by atoms with Crippen molar-refractivity contribution in [1.29, 1.82) is 0 Å². The van der Waals surface area contributed by atoms with Gasteiger partial charge in [0.05, 0.1) is 11.6 Å². The van der Waals surface area contributed by atoms with Gasteiger partial charge < -0.3 is 15.6 Å². The normalized spacial score (nSPS) is 10.8. The van der Waals surface area contributed by atoms with E-state index in [0.717, 1.165) is 22.2 Å². The van der Waals surface area contributed by atoms with E-state index >= 15 is 0 Å². The fourth-order valence-electron chi connectivity index (χ4n) is 3.65. The Balaban J connectivity index is 1.44. The molecule has 5 rings (SSSR count). The summed E-state index contributed by atoms with van der Waals surface area (Å²) >= 11 is 0. The van der Waals surface area contributed by atoms with Gasteiger partial charge in [-0.15, -0.1) is 0 Å². The number of H-pyrrole nitrogens is 1. The van der Waals surface area contributed by atoms with Crippen molar-refractivity contribution in [3.8, 4) is 11.1 Å². The van der Waals surface area contributed by atoms with Gasteiger partial charge in [0, 0.05) is 59.1 Å². The van der Waals surface area contributed by atoms with E-state index in [9.17, 15) is 9.59 Å². The first kappa shape index (κ1) is 20.2. The third kappa shape index (κ3) is 4.09. The Morgan fingerprint density at radius 3 is 2.48 bits per heavy atom. The molecule has 0 aliphatic rings. The van der Waals surface area contributed by atoms with E-state index < -0.39 is 0 Å². The predicted molar refractivity (Wildman–Crippen MR) is 129 cm³/mol. The van der Waals surface area contributed by atoms with E-state index in [4.69, 9.17) is 0 Å². The molecule has 3 heterocycles. The zero-order chi connectivity index (χ0) is 22.8. The SMILES string of the molecule is Cn1cc(-c2cnc(Nc3ccc(C(=O)Nc4ccccc4)cc3)c3c(=O)[nH]ccc23)cn1. The van der Waals surface area contributed by atoms with Crippen molar-refractivity contribution in [2.75, 3.05) is 10.6 Å². The zero-order valence-electron chi connectivity index (χ0n) is 17.7. The molecular weight excluding hydrogens is 416 g/mol. The number of nitrogens with zero attached hydrogens (tertiary/aromatic N) is 3. The van der Waals surface area contributed by atoms with Crippen molar-refractivity contribution < 1.29 is 4.79 Å². The van der Waals surface area contributed by atoms with E-state index in [1.165, 1.54) is 0 Å². The average molecular weight is 436 g/mol. The van der Waals surface area contributed by atoms with Gasteiger partial charge in [-0.1, -0.05) is 18.2 Å². The van der Waals surface area contributed by atoms with Gasteiger partial charge in [0.25, 0.3) is 11.5 Å². The number of rotatable bonds is 5. The van der Waals surface area contributed by atoms with Crippen molar-refractivity contribution in [3.05, 3.63) is 101 Å². The number of aryl methyl sites for hydroxylation is 1. The number of hydrogen-bond acceptors (Lipinski definition) is 5. The van der Waals surface area contributed by atoms with Crippen LogP contribution in [0.4, 0.5) is 17.2 Å². The Kier molecular flexibility index (Phi) is 5.16. The van der Waals surface area contributed by atoms with E-state index in [2.05, 4.69) is 25.7 Å². The number of aromatic amines is 1. The summed E-state index contributed by atoms with van der Waals surface area (Å²) in [5, 5.41) is 11.5. The molecule has 3 N–H and O–H groups in total. The molecule has 0 aliphatic carbocycles. The summed E-state index contributed by atoms with van der Waals surface area (Å²) < 4.78 is 1.70. The molecule has 0 unspecified atom stereocenters. The number of nitrogens with one attached hydrogen (secondary N) is 3. The van der Waals surface area contributed by atoms with Crippen LogP contribution in [0, 0.1) is 0 Å². The van der Waals surface area contributed by atoms with Crippen LogP contribution >= 0.6 is 0 Å². The number of benzene rings is 2. The molecule has 2 aromatic carbocycles. The van der Waals surface area contributed by atoms with Gasteiger partial charge in [0.1, 0.15) is 5.82 Å². The van der Waals surface area contributed by atoms with Gasteiger partial charge in [-0.05, 0) is 42.5 Å². The minimum absolute atomic E-state index is 0.200. The van der Waals surface area contributed by atoms with Crippen LogP contribution in [0.5, 0.6) is 0 Å². The maximum atomic E-state index is 12.7. The lowest BCUT2D eigenvalue weighted by Gasteiger charge is -2.11. The van der Waals surface area contributed by atoms with Gasteiger partial charge >= 0.3 is 0 Å². The van der Waals surface area contributed by atoms with E-state index in [1.54, 1.807) is 47.5 Å². The monoisotopic (exact) mass is 436 g/mol. The first-order chi connectivity index (χ1) is 16.1. The molecule has 0 fully saturated rings. The molecule has 0 atom stereocenters. The van der Waals surface area contributed by atoms with Crippen molar-refractivity contribution in [1.82, 2.24) is 19.7 Å². The molecule has 1 amide bonds. The second kappa shape index (κ2) is 8.43. The van der Waals surface area contributed by atoms with Crippen molar-refractivity contribution in [2.45, 2.75) is 0 Å². The van der Waals surface area contributed by atoms with Crippen LogP contribution in [-0.4, -0.2) is 25.7 Å². The largest absolute Gasteiger partial charge is 0.340 e. The summed E-state index contributed by atoms with van der Waals surface area (Å²) in [5.74, 6) is 0.231. The van der Waals surface area contributed by atoms with Crippen LogP contribution in [0.1, 0.15) is 10.4 Å². The fraction of sp³-hybridized carbons (Fsp3) is 0.0400. The Hall–Kier alpha value is -4.72. The number of fused-ring (bicyclic) bond motifs is 1. The summed E-state index contributed by atoms with van der Waals surface area (Å²) in [5.41, 5.74) is 3.41. The van der Waals surface area contributed by atoms with Gasteiger partial charge in [-0.25, -0.2) is 4.98 Å². The number of para-hydroxylation sites is 1. The molecule has 5 aromatic rings. The zero-order valence-corrected chi connectivity index (χ0v) is 17.7. The van der Waals surface area contributed by atoms with Crippen molar-refractivity contribution in [3.63, 3.8) is 0 Å². The fourth-order valence-corrected chi connectivity index (χ4v) is 3.65. The van der Waals surface area contributed by atoms with E-state index in [-0.39, 0.29) is 11.5 Å². The van der Waals surface area contributed by atoms with Gasteiger partial charge in [-0.2, -0.15) is 5.10 Å². The maximum Gasteiger partial charge on any atom is 0.259 e. The topological polar surface area (TPSA) is 105 Å². The van der Waals surface area contributed by atoms with Gasteiger partial charge in [-0.3, -0.25) is 14.3 Å². The Morgan fingerprint density at radius 1 is 0.970 bits per heavy atom. The maximum absolute atomic E-state index is 12.7. The molecule has 0 aliphatic heterocycles. The molecule has 0 saturated heterocycles. The Morgan fingerprint density at radius 2 is 1.76 bits per heavy atom. The third-order valence-corrected chi connectivity index (χ3v) is 5.27. The summed E-state index contributed by atoms with van der Waals surface area (Å²) in [7, 11) is 1.84. The van der Waals surface area contributed by atoms with Gasteiger partial charge in [0.15, 0.2) is 0 Å². The number of hydrogen-bond donors (Lipinski definition) is 3. The molecule has 8 nitrogen and oxygen atoms in total. The van der Waals surface area contributed by atoms with Crippen LogP contribution in [0.15, 0.2) is 90.2 Å². The highest BCUT2D eigenvalue weighted by Crippen LogP contribution is 2.30. The molecular formula is C25H20N6O2. The molecule has 0 spiro atoms. The number of carbonyl (C=O) groups is 1. The number of aromatic nitrogens is 4. The van der Waals surface area contributed by atoms with Crippen LogP contribution in [0.2, 0.25) is 0 Å². The smallest absolute Gasteiger partial charge is 0.259 e. The first-order valence-electron chi connectivity index (χ1n) is 10.3. The lowest BCUT2D eigenvalue weighted by Crippen LogP contribution is -2.12. The molecule has 3 aromatic heterocycles. The number of pyridine rings is 2. The van der Waals surface area contributed by atoms with Gasteiger partial charge in [0.2, 0.25) is 0 Å². The second-order valence-electron chi connectivity index (χ2n) is 7.54. The minimum atomic E-state index is -0.243. The predicted octanol–water partition coefficient (Wildman–Crippen LogP) is 4.32. The molecule has 33 heavy (non-hydrogen) atoms. The Labute approximate surface area is 188 Å². The highest BCUT2D eigenvalue weighted by molar-refractivity contribution is 6.05. The minimum Gasteiger partial charge on any atom is -0.340 e. The molecule has 0 radical (unpaired) electrons. The summed E-state index contributed by atoms with van der Waals surface area (Å²) in [6.45, 7) is 0. The summed E-state index contributed by atoms with van der Waals surface area (Å²) in [4.78, 5) is 32.4. The summed E-state index contributed by atoms with van der Waals surface area (Å²) in [6, 6.07) is 18.1. The summed E-state index contributed by atoms with van der Waals surface area (Å²) in [6.07, 6.45) is 6.96. The third-order valence-electron chi connectivity index (χ3n) is 5.27.